The Bertz CT molecular complexity index is 991. The second-order valence-corrected chi connectivity index (χ2v) is 5.57. The number of nitrogens with one attached hydrogen (secondary N) is 1. The van der Waals surface area contributed by atoms with Crippen LogP contribution in [0.5, 0.6) is 0 Å². The first kappa shape index (κ1) is 15.1. The third-order valence-corrected chi connectivity index (χ3v) is 3.87. The van der Waals surface area contributed by atoms with Crippen molar-refractivity contribution in [3.63, 3.8) is 0 Å². The summed E-state index contributed by atoms with van der Waals surface area (Å²) in [5.74, 6) is 0.573. The normalized spacial score (nSPS) is 10.9. The predicted molar refractivity (Wildman–Crippen MR) is 93.9 cm³/mol. The average molecular weight is 332 g/mol. The van der Waals surface area contributed by atoms with Gasteiger partial charge in [-0.15, -0.1) is 5.10 Å². The molecule has 0 atom stereocenters. The second-order valence-electron chi connectivity index (χ2n) is 5.57. The molecule has 0 unspecified atom stereocenters. The Morgan fingerprint density at radius 2 is 1.88 bits per heavy atom. The molecule has 124 valence electrons. The summed E-state index contributed by atoms with van der Waals surface area (Å²) in [7, 11) is 0. The van der Waals surface area contributed by atoms with Crippen LogP contribution in [0.4, 0.5) is 5.82 Å². The van der Waals surface area contributed by atoms with E-state index in [2.05, 4.69) is 20.6 Å². The summed E-state index contributed by atoms with van der Waals surface area (Å²) >= 11 is 0. The maximum Gasteiger partial charge on any atom is 0.227 e. The van der Waals surface area contributed by atoms with Crippen molar-refractivity contribution >= 4 is 17.4 Å². The van der Waals surface area contributed by atoms with E-state index in [9.17, 15) is 4.79 Å². The summed E-state index contributed by atoms with van der Waals surface area (Å²) < 4.78 is 3.52. The zero-order valence-corrected chi connectivity index (χ0v) is 13.4. The molecule has 7 nitrogen and oxygen atoms in total. The number of carbonyl (C=O) groups excluding carboxylic acids is 1. The van der Waals surface area contributed by atoms with Crippen LogP contribution in [0.3, 0.4) is 0 Å². The highest BCUT2D eigenvalue weighted by Crippen LogP contribution is 2.28. The van der Waals surface area contributed by atoms with E-state index in [1.807, 2.05) is 59.1 Å². The number of amides is 1. The summed E-state index contributed by atoms with van der Waals surface area (Å²) in [5, 5.41) is 10.6. The topological polar surface area (TPSA) is 77.1 Å². The van der Waals surface area contributed by atoms with Gasteiger partial charge in [0.15, 0.2) is 0 Å². The van der Waals surface area contributed by atoms with Crippen molar-refractivity contribution in [2.75, 3.05) is 5.32 Å². The Morgan fingerprint density at radius 1 is 1.04 bits per heavy atom. The number of rotatable bonds is 5. The molecular formula is C18H16N6O. The van der Waals surface area contributed by atoms with E-state index in [1.165, 1.54) is 0 Å². The van der Waals surface area contributed by atoms with Crippen molar-refractivity contribution < 1.29 is 4.79 Å². The second kappa shape index (κ2) is 6.56. The molecule has 0 fully saturated rings. The molecule has 4 rings (SSSR count). The molecule has 0 saturated heterocycles. The number of carbonyl (C=O) groups is 1. The number of benzene rings is 1. The summed E-state index contributed by atoms with van der Waals surface area (Å²) in [6, 6.07) is 15.6. The lowest BCUT2D eigenvalue weighted by molar-refractivity contribution is -0.116. The van der Waals surface area contributed by atoms with Crippen molar-refractivity contribution in [2.45, 2.75) is 13.0 Å². The van der Waals surface area contributed by atoms with E-state index < -0.39 is 0 Å². The minimum atomic E-state index is -0.0988. The number of hydrogen-bond donors (Lipinski definition) is 1. The summed E-state index contributed by atoms with van der Waals surface area (Å²) in [6.45, 7) is 0.475. The van der Waals surface area contributed by atoms with E-state index in [-0.39, 0.29) is 5.91 Å². The van der Waals surface area contributed by atoms with Crippen LogP contribution in [0, 0.1) is 0 Å². The Labute approximate surface area is 143 Å². The number of aryl methyl sites for hydroxylation is 1. The quantitative estimate of drug-likeness (QED) is 0.609. The molecule has 1 N–H and O–H groups in total. The Morgan fingerprint density at radius 3 is 2.68 bits per heavy atom. The molecule has 0 radical (unpaired) electrons. The van der Waals surface area contributed by atoms with E-state index in [0.717, 1.165) is 16.9 Å². The summed E-state index contributed by atoms with van der Waals surface area (Å²) in [4.78, 5) is 17.1. The Balaban J connectivity index is 1.64. The molecule has 1 amide bonds. The molecule has 25 heavy (non-hydrogen) atoms. The lowest BCUT2D eigenvalue weighted by Gasteiger charge is -2.08. The van der Waals surface area contributed by atoms with Crippen LogP contribution < -0.4 is 5.32 Å². The fourth-order valence-corrected chi connectivity index (χ4v) is 2.68. The number of fused-ring (bicyclic) bond motifs is 1. The van der Waals surface area contributed by atoms with Gasteiger partial charge in [0, 0.05) is 24.4 Å². The lowest BCUT2D eigenvalue weighted by atomic mass is 10.1. The lowest BCUT2D eigenvalue weighted by Crippen LogP contribution is -2.16. The van der Waals surface area contributed by atoms with Crippen LogP contribution in [0.2, 0.25) is 0 Å². The highest BCUT2D eigenvalue weighted by Gasteiger charge is 2.16. The van der Waals surface area contributed by atoms with Crippen LogP contribution in [-0.2, 0) is 11.3 Å². The molecule has 0 bridgehead atoms. The first-order chi connectivity index (χ1) is 12.3. The van der Waals surface area contributed by atoms with Crippen LogP contribution in [0.25, 0.3) is 16.9 Å². The molecule has 4 aromatic rings. The van der Waals surface area contributed by atoms with Crippen molar-refractivity contribution in [3.05, 3.63) is 67.1 Å². The van der Waals surface area contributed by atoms with Gasteiger partial charge >= 0.3 is 0 Å². The number of anilines is 1. The zero-order valence-electron chi connectivity index (χ0n) is 13.4. The van der Waals surface area contributed by atoms with Crippen LogP contribution in [-0.4, -0.2) is 30.3 Å². The number of nitrogens with zero attached hydrogens (tertiary/aromatic N) is 5. The highest BCUT2D eigenvalue weighted by molar-refractivity contribution is 5.94. The molecule has 1 aromatic carbocycles. The molecule has 0 aliphatic heterocycles. The van der Waals surface area contributed by atoms with Gasteiger partial charge in [-0.25, -0.2) is 4.98 Å². The van der Waals surface area contributed by atoms with Crippen molar-refractivity contribution in [2.24, 2.45) is 0 Å². The van der Waals surface area contributed by atoms with E-state index in [0.29, 0.717) is 18.8 Å². The van der Waals surface area contributed by atoms with Crippen molar-refractivity contribution in [1.82, 2.24) is 24.4 Å². The molecule has 0 saturated carbocycles. The van der Waals surface area contributed by atoms with Crippen LogP contribution >= 0.6 is 0 Å². The summed E-state index contributed by atoms with van der Waals surface area (Å²) in [6.07, 6.45) is 5.52. The van der Waals surface area contributed by atoms with Crippen LogP contribution in [0.15, 0.2) is 67.1 Å². The van der Waals surface area contributed by atoms with Gasteiger partial charge < -0.3 is 5.32 Å². The predicted octanol–water partition coefficient (Wildman–Crippen LogP) is 2.62. The zero-order chi connectivity index (χ0) is 17.1. The molecule has 7 heteroatoms. The Kier molecular flexibility index (Phi) is 3.96. The number of imidazole rings is 1. The fourth-order valence-electron chi connectivity index (χ4n) is 2.68. The number of hydrogen-bond acceptors (Lipinski definition) is 4. The maximum absolute atomic E-state index is 12.4. The molecule has 0 aliphatic carbocycles. The monoisotopic (exact) mass is 332 g/mol. The first-order valence-electron chi connectivity index (χ1n) is 7.98. The Hall–Kier alpha value is -3.48. The molecule has 0 spiro atoms. The van der Waals surface area contributed by atoms with Gasteiger partial charge in [-0.05, 0) is 12.1 Å². The maximum atomic E-state index is 12.4. The molecular weight excluding hydrogens is 316 g/mol. The molecule has 0 aliphatic rings. The van der Waals surface area contributed by atoms with Crippen molar-refractivity contribution in [1.29, 1.82) is 0 Å². The fraction of sp³-hybridized carbons (Fsp3) is 0.111. The van der Waals surface area contributed by atoms with Gasteiger partial charge in [0.2, 0.25) is 5.91 Å². The first-order valence-corrected chi connectivity index (χ1v) is 7.98. The van der Waals surface area contributed by atoms with E-state index >= 15 is 0 Å². The SMILES string of the molecule is O=C(CCn1ccnn1)Nc1c(-c2ccccc2)nc2ccccn12. The molecule has 3 aromatic heterocycles. The van der Waals surface area contributed by atoms with Gasteiger partial charge in [-0.1, -0.05) is 41.6 Å². The minimum Gasteiger partial charge on any atom is -0.310 e. The van der Waals surface area contributed by atoms with Crippen LogP contribution in [0.1, 0.15) is 6.42 Å². The van der Waals surface area contributed by atoms with Gasteiger partial charge in [0.1, 0.15) is 17.2 Å². The minimum absolute atomic E-state index is 0.0988. The van der Waals surface area contributed by atoms with E-state index in [4.69, 9.17) is 0 Å². The average Bonchev–Trinajstić information content (AvgIpc) is 3.29. The standard InChI is InChI=1S/C18H16N6O/c25-16(9-12-23-13-10-19-22-23)21-18-17(14-6-2-1-3-7-14)20-15-8-4-5-11-24(15)18/h1-8,10-11,13H,9,12H2,(H,21,25). The highest BCUT2D eigenvalue weighted by atomic mass is 16.1. The van der Waals surface area contributed by atoms with Gasteiger partial charge in [0.05, 0.1) is 12.7 Å². The van der Waals surface area contributed by atoms with Crippen molar-refractivity contribution in [3.8, 4) is 11.3 Å². The summed E-state index contributed by atoms with van der Waals surface area (Å²) in [5.41, 5.74) is 2.49. The number of aromatic nitrogens is 5. The van der Waals surface area contributed by atoms with Gasteiger partial charge in [0.25, 0.3) is 0 Å². The van der Waals surface area contributed by atoms with E-state index in [1.54, 1.807) is 17.1 Å². The van der Waals surface area contributed by atoms with Gasteiger partial charge in [-0.2, -0.15) is 0 Å². The van der Waals surface area contributed by atoms with Gasteiger partial charge in [-0.3, -0.25) is 13.9 Å². The third kappa shape index (κ3) is 3.12. The molecule has 3 heterocycles. The smallest absolute Gasteiger partial charge is 0.227 e. The largest absolute Gasteiger partial charge is 0.310 e. The number of pyridine rings is 1. The third-order valence-electron chi connectivity index (χ3n) is 3.87.